The molecule has 1 amide bonds. The second-order valence-corrected chi connectivity index (χ2v) is 8.79. The molecule has 1 aliphatic rings. The summed E-state index contributed by atoms with van der Waals surface area (Å²) in [5, 5.41) is 11.3. The third-order valence-corrected chi connectivity index (χ3v) is 5.60. The van der Waals surface area contributed by atoms with E-state index in [-0.39, 0.29) is 11.3 Å². The normalized spacial score (nSPS) is 17.4. The summed E-state index contributed by atoms with van der Waals surface area (Å²) in [4.78, 5) is 27.8. The minimum absolute atomic E-state index is 0.0564. The van der Waals surface area contributed by atoms with Gasteiger partial charge in [0.2, 0.25) is 0 Å². The molecule has 6 heteroatoms. The summed E-state index contributed by atoms with van der Waals surface area (Å²) in [6.45, 7) is 6.44. The lowest BCUT2D eigenvalue weighted by atomic mass is 9.95. The maximum absolute atomic E-state index is 13.7. The number of hydrogen-bond donors (Lipinski definition) is 1. The van der Waals surface area contributed by atoms with Crippen molar-refractivity contribution < 1.29 is 23.8 Å². The highest BCUT2D eigenvalue weighted by Gasteiger charge is 2.47. The molecule has 0 saturated carbocycles. The van der Waals surface area contributed by atoms with Gasteiger partial charge in [0.25, 0.3) is 11.7 Å². The van der Waals surface area contributed by atoms with Crippen LogP contribution in [0.1, 0.15) is 36.6 Å². The zero-order chi connectivity index (χ0) is 24.4. The number of aliphatic hydroxyl groups is 1. The van der Waals surface area contributed by atoms with E-state index >= 15 is 0 Å². The number of amides is 1. The van der Waals surface area contributed by atoms with Crippen LogP contribution >= 0.6 is 0 Å². The Morgan fingerprint density at radius 3 is 2.41 bits per heavy atom. The van der Waals surface area contributed by atoms with Crippen LogP contribution < -0.4 is 9.64 Å². The smallest absolute Gasteiger partial charge is 0.300 e. The van der Waals surface area contributed by atoms with E-state index in [0.717, 1.165) is 5.56 Å². The number of ketones is 1. The Morgan fingerprint density at radius 1 is 1.03 bits per heavy atom. The molecule has 1 aliphatic heterocycles. The van der Waals surface area contributed by atoms with E-state index < -0.39 is 23.5 Å². The Labute approximate surface area is 198 Å². The van der Waals surface area contributed by atoms with Gasteiger partial charge in [-0.1, -0.05) is 50.2 Å². The van der Waals surface area contributed by atoms with Crippen molar-refractivity contribution in [3.05, 3.63) is 101 Å². The van der Waals surface area contributed by atoms with Gasteiger partial charge in [0, 0.05) is 11.3 Å². The maximum atomic E-state index is 13.7. The molecular formula is C28H26FNO4. The van der Waals surface area contributed by atoms with Crippen molar-refractivity contribution in [3.8, 4) is 5.75 Å². The molecule has 3 aromatic carbocycles. The Kier molecular flexibility index (Phi) is 6.50. The fraction of sp³-hybridized carbons (Fsp3) is 0.214. The minimum atomic E-state index is -0.914. The van der Waals surface area contributed by atoms with Crippen LogP contribution in [-0.2, 0) is 9.59 Å². The number of hydrogen-bond acceptors (Lipinski definition) is 4. The highest BCUT2D eigenvalue weighted by Crippen LogP contribution is 2.42. The molecular weight excluding hydrogens is 433 g/mol. The Morgan fingerprint density at radius 2 is 1.74 bits per heavy atom. The summed E-state index contributed by atoms with van der Waals surface area (Å²) in [5.74, 6) is -1.45. The number of carbonyl (C=O) groups excluding carboxylic acids is 2. The number of carbonyl (C=O) groups is 2. The van der Waals surface area contributed by atoms with E-state index in [1.165, 1.54) is 29.2 Å². The fourth-order valence-electron chi connectivity index (χ4n) is 3.99. The SMILES string of the molecule is Cc1cccc(N2C(=O)C(=O)/C(=C(/O)c3cccc(OCC(C)C)c3)C2c2ccc(F)cc2)c1. The van der Waals surface area contributed by atoms with Crippen molar-refractivity contribution in [1.29, 1.82) is 0 Å². The first kappa shape index (κ1) is 23.2. The van der Waals surface area contributed by atoms with Crippen LogP contribution in [0.5, 0.6) is 5.75 Å². The van der Waals surface area contributed by atoms with Crippen molar-refractivity contribution >= 4 is 23.1 Å². The molecule has 1 N–H and O–H groups in total. The molecule has 174 valence electrons. The maximum Gasteiger partial charge on any atom is 0.300 e. The van der Waals surface area contributed by atoms with Gasteiger partial charge in [-0.2, -0.15) is 0 Å². The quantitative estimate of drug-likeness (QED) is 0.288. The number of benzene rings is 3. The molecule has 0 bridgehead atoms. The number of rotatable bonds is 6. The van der Waals surface area contributed by atoms with Gasteiger partial charge in [0.1, 0.15) is 17.3 Å². The first-order valence-electron chi connectivity index (χ1n) is 11.1. The summed E-state index contributed by atoms with van der Waals surface area (Å²) >= 11 is 0. The Hall–Kier alpha value is -3.93. The van der Waals surface area contributed by atoms with E-state index in [2.05, 4.69) is 0 Å². The van der Waals surface area contributed by atoms with Gasteiger partial charge in [-0.15, -0.1) is 0 Å². The van der Waals surface area contributed by atoms with E-state index in [9.17, 15) is 19.1 Å². The molecule has 1 unspecified atom stereocenters. The molecule has 34 heavy (non-hydrogen) atoms. The summed E-state index contributed by atoms with van der Waals surface area (Å²) in [5.41, 5.74) is 2.24. The van der Waals surface area contributed by atoms with Crippen molar-refractivity contribution in [1.82, 2.24) is 0 Å². The molecule has 0 spiro atoms. The molecule has 1 heterocycles. The molecule has 1 saturated heterocycles. The van der Waals surface area contributed by atoms with E-state index in [0.29, 0.717) is 35.1 Å². The predicted molar refractivity (Wildman–Crippen MR) is 129 cm³/mol. The molecule has 4 rings (SSSR count). The number of halogens is 1. The van der Waals surface area contributed by atoms with Crippen LogP contribution in [0.2, 0.25) is 0 Å². The second kappa shape index (κ2) is 9.51. The monoisotopic (exact) mass is 459 g/mol. The van der Waals surface area contributed by atoms with Gasteiger partial charge in [-0.3, -0.25) is 14.5 Å². The summed E-state index contributed by atoms with van der Waals surface area (Å²) in [6.07, 6.45) is 0. The number of Topliss-reactive ketones (excluding diaryl/α,β-unsaturated/α-hetero) is 1. The second-order valence-electron chi connectivity index (χ2n) is 8.79. The van der Waals surface area contributed by atoms with Crippen molar-refractivity contribution in [2.75, 3.05) is 11.5 Å². The van der Waals surface area contributed by atoms with Crippen molar-refractivity contribution in [3.63, 3.8) is 0 Å². The average molecular weight is 460 g/mol. The number of aryl methyl sites for hydroxylation is 1. The predicted octanol–water partition coefficient (Wildman–Crippen LogP) is 5.80. The Bertz CT molecular complexity index is 1260. The highest BCUT2D eigenvalue weighted by atomic mass is 19.1. The van der Waals surface area contributed by atoms with Crippen molar-refractivity contribution in [2.24, 2.45) is 5.92 Å². The zero-order valence-corrected chi connectivity index (χ0v) is 19.3. The van der Waals surface area contributed by atoms with Crippen LogP contribution in [0.15, 0.2) is 78.4 Å². The van der Waals surface area contributed by atoms with E-state index in [4.69, 9.17) is 4.74 Å². The lowest BCUT2D eigenvalue weighted by Gasteiger charge is -2.25. The first-order valence-corrected chi connectivity index (χ1v) is 11.1. The van der Waals surface area contributed by atoms with Gasteiger partial charge in [-0.05, 0) is 60.4 Å². The van der Waals surface area contributed by atoms with Gasteiger partial charge in [0.15, 0.2) is 0 Å². The van der Waals surface area contributed by atoms with E-state index in [1.807, 2.05) is 26.8 Å². The summed E-state index contributed by atoms with van der Waals surface area (Å²) in [7, 11) is 0. The Balaban J connectivity index is 1.86. The minimum Gasteiger partial charge on any atom is -0.507 e. The molecule has 5 nitrogen and oxygen atoms in total. The first-order chi connectivity index (χ1) is 16.3. The van der Waals surface area contributed by atoms with Gasteiger partial charge in [0.05, 0.1) is 18.2 Å². The zero-order valence-electron chi connectivity index (χ0n) is 19.3. The van der Waals surface area contributed by atoms with Gasteiger partial charge >= 0.3 is 0 Å². The molecule has 1 atom stereocenters. The van der Waals surface area contributed by atoms with Gasteiger partial charge < -0.3 is 9.84 Å². The van der Waals surface area contributed by atoms with Crippen LogP contribution in [0.3, 0.4) is 0 Å². The standard InChI is InChI=1S/C28H26FNO4/c1-17(2)16-34-23-9-5-7-20(15-23)26(31)24-25(19-10-12-21(29)13-11-19)30(28(33)27(24)32)22-8-4-6-18(3)14-22/h4-15,17,25,31H,16H2,1-3H3/b26-24+. The van der Waals surface area contributed by atoms with Crippen LogP contribution in [0.25, 0.3) is 5.76 Å². The third-order valence-electron chi connectivity index (χ3n) is 5.60. The lowest BCUT2D eigenvalue weighted by molar-refractivity contribution is -0.132. The molecule has 1 fully saturated rings. The van der Waals surface area contributed by atoms with Crippen LogP contribution in [0.4, 0.5) is 10.1 Å². The topological polar surface area (TPSA) is 66.8 Å². The lowest BCUT2D eigenvalue weighted by Crippen LogP contribution is -2.29. The summed E-state index contributed by atoms with van der Waals surface area (Å²) < 4.78 is 19.4. The average Bonchev–Trinajstić information content (AvgIpc) is 3.08. The third kappa shape index (κ3) is 4.57. The van der Waals surface area contributed by atoms with Crippen molar-refractivity contribution in [2.45, 2.75) is 26.8 Å². The van der Waals surface area contributed by atoms with E-state index in [1.54, 1.807) is 42.5 Å². The number of ether oxygens (including phenoxy) is 1. The van der Waals surface area contributed by atoms with Crippen LogP contribution in [0, 0.1) is 18.7 Å². The number of nitrogens with zero attached hydrogens (tertiary/aromatic N) is 1. The molecule has 0 aromatic heterocycles. The molecule has 3 aromatic rings. The summed E-state index contributed by atoms with van der Waals surface area (Å²) in [6, 6.07) is 18.6. The fourth-order valence-corrected chi connectivity index (χ4v) is 3.99. The molecule has 0 radical (unpaired) electrons. The van der Waals surface area contributed by atoms with Gasteiger partial charge in [-0.25, -0.2) is 4.39 Å². The highest BCUT2D eigenvalue weighted by molar-refractivity contribution is 6.51. The number of anilines is 1. The largest absolute Gasteiger partial charge is 0.507 e. The van der Waals surface area contributed by atoms with Crippen LogP contribution in [-0.4, -0.2) is 23.4 Å². The number of aliphatic hydroxyl groups excluding tert-OH is 1. The molecule has 0 aliphatic carbocycles.